The molecule has 9 heteroatoms. The normalized spacial score (nSPS) is 18.9. The quantitative estimate of drug-likeness (QED) is 0.724. The number of hydrogen-bond donors (Lipinski definition) is 2. The smallest absolute Gasteiger partial charge is 0.319 e. The molecule has 1 aliphatic heterocycles. The SMILES string of the molecule is CCC1(c2ccccc2)NC(=O)N(CC(=O)Nc2ncc(Cl)c(C)c2Cl)C1=O. The van der Waals surface area contributed by atoms with E-state index in [0.29, 0.717) is 22.6 Å². The van der Waals surface area contributed by atoms with E-state index in [1.165, 1.54) is 6.20 Å². The number of halogens is 2. The first-order chi connectivity index (χ1) is 13.3. The standard InChI is InChI=1S/C19H18Cl2N4O3/c1-3-19(12-7-5-4-6-8-12)17(27)25(18(28)24-19)10-14(26)23-16-15(21)11(2)13(20)9-22-16/h4-9H,3,10H2,1-2H3,(H,24,28)(H,22,23,26). The van der Waals surface area contributed by atoms with E-state index in [9.17, 15) is 14.4 Å². The fraction of sp³-hybridized carbons (Fsp3) is 0.263. The molecule has 0 radical (unpaired) electrons. The minimum atomic E-state index is -1.19. The van der Waals surface area contributed by atoms with Gasteiger partial charge in [0.1, 0.15) is 12.1 Å². The Balaban J connectivity index is 1.79. The lowest BCUT2D eigenvalue weighted by molar-refractivity contribution is -0.134. The Morgan fingerprint density at radius 1 is 1.25 bits per heavy atom. The van der Waals surface area contributed by atoms with Gasteiger partial charge in [-0.2, -0.15) is 0 Å². The zero-order chi connectivity index (χ0) is 20.5. The molecule has 0 bridgehead atoms. The van der Waals surface area contributed by atoms with Crippen LogP contribution in [0.25, 0.3) is 0 Å². The van der Waals surface area contributed by atoms with Crippen molar-refractivity contribution >= 4 is 46.9 Å². The number of amides is 4. The molecule has 3 rings (SSSR count). The Kier molecular flexibility index (Phi) is 5.58. The minimum Gasteiger partial charge on any atom is -0.319 e. The molecule has 28 heavy (non-hydrogen) atoms. The first kappa shape index (κ1) is 20.1. The molecule has 1 atom stereocenters. The van der Waals surface area contributed by atoms with Crippen molar-refractivity contribution in [3.8, 4) is 0 Å². The molecule has 0 saturated carbocycles. The topological polar surface area (TPSA) is 91.4 Å². The van der Waals surface area contributed by atoms with Crippen molar-refractivity contribution in [1.82, 2.24) is 15.2 Å². The van der Waals surface area contributed by atoms with Crippen LogP contribution >= 0.6 is 23.2 Å². The number of hydrogen-bond acceptors (Lipinski definition) is 4. The van der Waals surface area contributed by atoms with Crippen molar-refractivity contribution in [3.63, 3.8) is 0 Å². The number of nitrogens with one attached hydrogen (secondary N) is 2. The van der Waals surface area contributed by atoms with Crippen LogP contribution in [0, 0.1) is 6.92 Å². The summed E-state index contributed by atoms with van der Waals surface area (Å²) >= 11 is 12.1. The van der Waals surface area contributed by atoms with E-state index in [4.69, 9.17) is 23.2 Å². The van der Waals surface area contributed by atoms with Crippen molar-refractivity contribution in [3.05, 3.63) is 57.7 Å². The highest BCUT2D eigenvalue weighted by atomic mass is 35.5. The van der Waals surface area contributed by atoms with Gasteiger partial charge in [0.2, 0.25) is 5.91 Å². The number of pyridine rings is 1. The number of nitrogens with zero attached hydrogens (tertiary/aromatic N) is 2. The van der Waals surface area contributed by atoms with Crippen LogP contribution in [0.2, 0.25) is 10.0 Å². The van der Waals surface area contributed by atoms with Crippen LogP contribution in [0.1, 0.15) is 24.5 Å². The van der Waals surface area contributed by atoms with Crippen LogP contribution in [-0.4, -0.2) is 34.3 Å². The number of anilines is 1. The van der Waals surface area contributed by atoms with Gasteiger partial charge in [0.25, 0.3) is 5.91 Å². The summed E-state index contributed by atoms with van der Waals surface area (Å²) in [5, 5.41) is 5.81. The Labute approximate surface area is 172 Å². The number of rotatable bonds is 5. The van der Waals surface area contributed by atoms with Gasteiger partial charge in [-0.05, 0) is 24.5 Å². The number of aromatic nitrogens is 1. The van der Waals surface area contributed by atoms with Crippen molar-refractivity contribution in [2.24, 2.45) is 0 Å². The summed E-state index contributed by atoms with van der Waals surface area (Å²) in [6.45, 7) is 3.03. The van der Waals surface area contributed by atoms with Gasteiger partial charge in [-0.15, -0.1) is 0 Å². The van der Waals surface area contributed by atoms with Gasteiger partial charge in [-0.25, -0.2) is 9.78 Å². The lowest BCUT2D eigenvalue weighted by Crippen LogP contribution is -2.44. The average Bonchev–Trinajstić information content (AvgIpc) is 2.94. The monoisotopic (exact) mass is 420 g/mol. The van der Waals surface area contributed by atoms with E-state index >= 15 is 0 Å². The van der Waals surface area contributed by atoms with Gasteiger partial charge in [-0.3, -0.25) is 14.5 Å². The molecule has 1 aromatic carbocycles. The molecule has 2 aromatic rings. The average molecular weight is 421 g/mol. The fourth-order valence-electron chi connectivity index (χ4n) is 3.09. The third-order valence-corrected chi connectivity index (χ3v) is 5.58. The third kappa shape index (κ3) is 3.43. The van der Waals surface area contributed by atoms with Crippen LogP contribution < -0.4 is 10.6 Å². The van der Waals surface area contributed by atoms with E-state index in [1.807, 2.05) is 6.07 Å². The van der Waals surface area contributed by atoms with Crippen LogP contribution in [0.4, 0.5) is 10.6 Å². The summed E-state index contributed by atoms with van der Waals surface area (Å²) in [5.74, 6) is -0.960. The second-order valence-corrected chi connectivity index (χ2v) is 7.17. The third-order valence-electron chi connectivity index (χ3n) is 4.73. The van der Waals surface area contributed by atoms with Gasteiger partial charge in [-0.1, -0.05) is 60.5 Å². The predicted octanol–water partition coefficient (Wildman–Crippen LogP) is 3.49. The number of benzene rings is 1. The van der Waals surface area contributed by atoms with Gasteiger partial charge in [0.05, 0.1) is 10.0 Å². The van der Waals surface area contributed by atoms with Gasteiger partial charge < -0.3 is 10.6 Å². The highest BCUT2D eigenvalue weighted by Gasteiger charge is 2.51. The summed E-state index contributed by atoms with van der Waals surface area (Å²) in [6.07, 6.45) is 1.72. The first-order valence-electron chi connectivity index (χ1n) is 8.60. The van der Waals surface area contributed by atoms with Crippen molar-refractivity contribution < 1.29 is 14.4 Å². The summed E-state index contributed by atoms with van der Waals surface area (Å²) in [6, 6.07) is 8.31. The summed E-state index contributed by atoms with van der Waals surface area (Å²) in [5.41, 5.74) is 0.0419. The number of imide groups is 1. The summed E-state index contributed by atoms with van der Waals surface area (Å²) in [4.78, 5) is 42.8. The molecule has 1 fully saturated rings. The van der Waals surface area contributed by atoms with Gasteiger partial charge in [0, 0.05) is 6.20 Å². The maximum Gasteiger partial charge on any atom is 0.325 e. The second kappa shape index (κ2) is 7.77. The van der Waals surface area contributed by atoms with E-state index in [-0.39, 0.29) is 10.8 Å². The molecule has 2 N–H and O–H groups in total. The maximum atomic E-state index is 13.0. The molecule has 0 spiro atoms. The van der Waals surface area contributed by atoms with Crippen LogP contribution in [-0.2, 0) is 15.1 Å². The molecule has 146 valence electrons. The molecule has 2 heterocycles. The fourth-order valence-corrected chi connectivity index (χ4v) is 3.48. The highest BCUT2D eigenvalue weighted by molar-refractivity contribution is 6.37. The van der Waals surface area contributed by atoms with Crippen LogP contribution in [0.15, 0.2) is 36.5 Å². The van der Waals surface area contributed by atoms with E-state index in [0.717, 1.165) is 4.90 Å². The molecule has 0 aliphatic carbocycles. The Bertz CT molecular complexity index is 952. The van der Waals surface area contributed by atoms with Crippen molar-refractivity contribution in [2.45, 2.75) is 25.8 Å². The zero-order valence-corrected chi connectivity index (χ0v) is 16.8. The van der Waals surface area contributed by atoms with E-state index < -0.39 is 29.9 Å². The molecular formula is C19H18Cl2N4O3. The molecular weight excluding hydrogens is 403 g/mol. The Morgan fingerprint density at radius 3 is 2.57 bits per heavy atom. The highest BCUT2D eigenvalue weighted by Crippen LogP contribution is 2.32. The van der Waals surface area contributed by atoms with Crippen molar-refractivity contribution in [2.75, 3.05) is 11.9 Å². The van der Waals surface area contributed by atoms with Crippen LogP contribution in [0.5, 0.6) is 0 Å². The van der Waals surface area contributed by atoms with Crippen LogP contribution in [0.3, 0.4) is 0 Å². The number of urea groups is 1. The lowest BCUT2D eigenvalue weighted by atomic mass is 9.87. The summed E-state index contributed by atoms with van der Waals surface area (Å²) < 4.78 is 0. The molecule has 4 amide bonds. The second-order valence-electron chi connectivity index (χ2n) is 6.39. The summed E-state index contributed by atoms with van der Waals surface area (Å²) in [7, 11) is 0. The van der Waals surface area contributed by atoms with Gasteiger partial charge >= 0.3 is 6.03 Å². The lowest BCUT2D eigenvalue weighted by Gasteiger charge is -2.25. The number of carbonyl (C=O) groups is 3. The first-order valence-corrected chi connectivity index (χ1v) is 9.36. The van der Waals surface area contributed by atoms with Crippen molar-refractivity contribution in [1.29, 1.82) is 0 Å². The van der Waals surface area contributed by atoms with Gasteiger partial charge in [0.15, 0.2) is 5.82 Å². The zero-order valence-electron chi connectivity index (χ0n) is 15.3. The predicted molar refractivity (Wildman–Crippen MR) is 106 cm³/mol. The number of carbonyl (C=O) groups excluding carboxylic acids is 3. The molecule has 1 saturated heterocycles. The largest absolute Gasteiger partial charge is 0.325 e. The molecule has 1 aromatic heterocycles. The van der Waals surface area contributed by atoms with E-state index in [1.54, 1.807) is 38.1 Å². The molecule has 1 aliphatic rings. The molecule has 1 unspecified atom stereocenters. The maximum absolute atomic E-state index is 13.0. The Morgan fingerprint density at radius 2 is 1.93 bits per heavy atom. The Hall–Kier alpha value is -2.64. The van der Waals surface area contributed by atoms with E-state index in [2.05, 4.69) is 15.6 Å². The molecule has 7 nitrogen and oxygen atoms in total. The minimum absolute atomic E-state index is 0.116.